The number of hydrogen-bond acceptors (Lipinski definition) is 2. The Morgan fingerprint density at radius 1 is 1.05 bits per heavy atom. The van der Waals surface area contributed by atoms with Crippen LogP contribution in [-0.2, 0) is 6.54 Å². The first-order chi connectivity index (χ1) is 10.2. The third-order valence-electron chi connectivity index (χ3n) is 3.55. The molecule has 0 amide bonds. The minimum Gasteiger partial charge on any atom is -0.316 e. The molecule has 0 spiro atoms. The molecule has 0 saturated carbocycles. The molecule has 1 heterocycles. The average molecular weight is 280 g/mol. The highest BCUT2D eigenvalue weighted by Crippen LogP contribution is 2.27. The molecule has 2 nitrogen and oxygen atoms in total. The van der Waals surface area contributed by atoms with Crippen LogP contribution in [0.25, 0.3) is 22.0 Å². The van der Waals surface area contributed by atoms with Crippen molar-refractivity contribution in [3.8, 4) is 11.1 Å². The Labute approximate surface area is 123 Å². The molecule has 0 atom stereocenters. The van der Waals surface area contributed by atoms with E-state index in [1.807, 2.05) is 50.4 Å². The van der Waals surface area contributed by atoms with Crippen LogP contribution in [0.1, 0.15) is 11.3 Å². The van der Waals surface area contributed by atoms with Crippen molar-refractivity contribution in [2.45, 2.75) is 13.5 Å². The summed E-state index contributed by atoms with van der Waals surface area (Å²) >= 11 is 0. The second-order valence-electron chi connectivity index (χ2n) is 5.20. The predicted octanol–water partition coefficient (Wildman–Crippen LogP) is 4.07. The largest absolute Gasteiger partial charge is 0.316 e. The smallest absolute Gasteiger partial charge is 0.131 e. The van der Waals surface area contributed by atoms with Gasteiger partial charge in [0.1, 0.15) is 5.82 Å². The number of nitrogens with zero attached hydrogens (tertiary/aromatic N) is 1. The maximum absolute atomic E-state index is 14.1. The molecule has 0 fully saturated rings. The lowest BCUT2D eigenvalue weighted by molar-refractivity contribution is 0.630. The Morgan fingerprint density at radius 3 is 2.71 bits per heavy atom. The van der Waals surface area contributed by atoms with Crippen LogP contribution < -0.4 is 5.32 Å². The highest BCUT2D eigenvalue weighted by Gasteiger charge is 2.07. The van der Waals surface area contributed by atoms with Crippen molar-refractivity contribution >= 4 is 10.9 Å². The molecule has 0 radical (unpaired) electrons. The zero-order chi connectivity index (χ0) is 14.8. The van der Waals surface area contributed by atoms with E-state index in [2.05, 4.69) is 10.3 Å². The van der Waals surface area contributed by atoms with Gasteiger partial charge in [0.15, 0.2) is 0 Å². The fourth-order valence-corrected chi connectivity index (χ4v) is 2.50. The number of rotatable bonds is 3. The molecule has 3 rings (SSSR count). The van der Waals surface area contributed by atoms with Crippen molar-refractivity contribution in [2.75, 3.05) is 7.05 Å². The van der Waals surface area contributed by atoms with Gasteiger partial charge in [0, 0.05) is 23.2 Å². The van der Waals surface area contributed by atoms with Gasteiger partial charge in [-0.2, -0.15) is 0 Å². The van der Waals surface area contributed by atoms with Crippen LogP contribution in [0, 0.1) is 12.7 Å². The second kappa shape index (κ2) is 5.62. The van der Waals surface area contributed by atoms with E-state index in [9.17, 15) is 4.39 Å². The molecule has 2 aromatic carbocycles. The van der Waals surface area contributed by atoms with Crippen LogP contribution >= 0.6 is 0 Å². The van der Waals surface area contributed by atoms with Gasteiger partial charge in [-0.05, 0) is 55.4 Å². The molecule has 0 bridgehead atoms. The third kappa shape index (κ3) is 2.78. The molecule has 1 aromatic heterocycles. The van der Waals surface area contributed by atoms with Crippen LogP contribution in [0.15, 0.2) is 48.5 Å². The van der Waals surface area contributed by atoms with Crippen LogP contribution in [0.3, 0.4) is 0 Å². The number of aromatic nitrogens is 1. The number of pyridine rings is 1. The van der Waals surface area contributed by atoms with E-state index in [1.54, 1.807) is 6.07 Å². The molecule has 0 saturated heterocycles. The van der Waals surface area contributed by atoms with Gasteiger partial charge in [0.25, 0.3) is 0 Å². The van der Waals surface area contributed by atoms with E-state index in [4.69, 9.17) is 0 Å². The first-order valence-corrected chi connectivity index (χ1v) is 6.98. The summed E-state index contributed by atoms with van der Waals surface area (Å²) in [4.78, 5) is 4.48. The van der Waals surface area contributed by atoms with Crippen LogP contribution in [0.4, 0.5) is 4.39 Å². The van der Waals surface area contributed by atoms with E-state index >= 15 is 0 Å². The van der Waals surface area contributed by atoms with Gasteiger partial charge in [0.05, 0.1) is 5.52 Å². The molecule has 0 aliphatic heterocycles. The normalized spacial score (nSPS) is 11.0. The van der Waals surface area contributed by atoms with Gasteiger partial charge >= 0.3 is 0 Å². The SMILES string of the molecule is CNCc1ccc(F)c(-c2ccc3nc(C)ccc3c2)c1. The fourth-order valence-electron chi connectivity index (χ4n) is 2.50. The molecule has 0 aliphatic rings. The van der Waals surface area contributed by atoms with Gasteiger partial charge in [-0.25, -0.2) is 4.39 Å². The molecule has 21 heavy (non-hydrogen) atoms. The lowest BCUT2D eigenvalue weighted by Gasteiger charge is -2.08. The number of hydrogen-bond donors (Lipinski definition) is 1. The summed E-state index contributed by atoms with van der Waals surface area (Å²) in [6, 6.07) is 15.1. The molecular weight excluding hydrogens is 263 g/mol. The summed E-state index contributed by atoms with van der Waals surface area (Å²) in [6.07, 6.45) is 0. The Kier molecular flexibility index (Phi) is 3.67. The highest BCUT2D eigenvalue weighted by atomic mass is 19.1. The maximum Gasteiger partial charge on any atom is 0.131 e. The third-order valence-corrected chi connectivity index (χ3v) is 3.55. The van der Waals surface area contributed by atoms with Crippen molar-refractivity contribution in [2.24, 2.45) is 0 Å². The lowest BCUT2D eigenvalue weighted by atomic mass is 10.0. The monoisotopic (exact) mass is 280 g/mol. The summed E-state index contributed by atoms with van der Waals surface area (Å²) in [5, 5.41) is 4.11. The van der Waals surface area contributed by atoms with E-state index < -0.39 is 0 Å². The first kappa shape index (κ1) is 13.7. The van der Waals surface area contributed by atoms with Crippen LogP contribution in [-0.4, -0.2) is 12.0 Å². The molecule has 106 valence electrons. The number of nitrogens with one attached hydrogen (secondary N) is 1. The molecule has 0 aliphatic carbocycles. The average Bonchev–Trinajstić information content (AvgIpc) is 2.49. The number of halogens is 1. The van der Waals surface area contributed by atoms with E-state index in [0.29, 0.717) is 5.56 Å². The summed E-state index contributed by atoms with van der Waals surface area (Å²) < 4.78 is 14.1. The minimum absolute atomic E-state index is 0.200. The Balaban J connectivity index is 2.11. The number of fused-ring (bicyclic) bond motifs is 1. The second-order valence-corrected chi connectivity index (χ2v) is 5.20. The topological polar surface area (TPSA) is 24.9 Å². The molecule has 0 unspecified atom stereocenters. The standard InChI is InChI=1S/C18H17FN2/c1-12-3-5-15-10-14(6-8-18(15)21-12)16-9-13(11-20-2)4-7-17(16)19/h3-10,20H,11H2,1-2H3. The van der Waals surface area contributed by atoms with Crippen molar-refractivity contribution in [1.29, 1.82) is 0 Å². The fraction of sp³-hybridized carbons (Fsp3) is 0.167. The van der Waals surface area contributed by atoms with Gasteiger partial charge in [-0.3, -0.25) is 4.98 Å². The zero-order valence-electron chi connectivity index (χ0n) is 12.2. The van der Waals surface area contributed by atoms with Crippen molar-refractivity contribution in [3.05, 3.63) is 65.6 Å². The number of aryl methyl sites for hydroxylation is 1. The summed E-state index contributed by atoms with van der Waals surface area (Å²) in [5.74, 6) is -0.200. The molecule has 3 aromatic rings. The van der Waals surface area contributed by atoms with Crippen molar-refractivity contribution in [1.82, 2.24) is 10.3 Å². The van der Waals surface area contributed by atoms with Gasteiger partial charge < -0.3 is 5.32 Å². The Hall–Kier alpha value is -2.26. The van der Waals surface area contributed by atoms with Crippen LogP contribution in [0.2, 0.25) is 0 Å². The zero-order valence-corrected chi connectivity index (χ0v) is 12.2. The van der Waals surface area contributed by atoms with Gasteiger partial charge in [-0.1, -0.05) is 18.2 Å². The number of benzene rings is 2. The van der Waals surface area contributed by atoms with Crippen molar-refractivity contribution < 1.29 is 4.39 Å². The predicted molar refractivity (Wildman–Crippen MR) is 84.6 cm³/mol. The quantitative estimate of drug-likeness (QED) is 0.782. The van der Waals surface area contributed by atoms with E-state index in [-0.39, 0.29) is 5.82 Å². The molecule has 1 N–H and O–H groups in total. The van der Waals surface area contributed by atoms with E-state index in [1.165, 1.54) is 6.07 Å². The Morgan fingerprint density at radius 2 is 1.90 bits per heavy atom. The summed E-state index contributed by atoms with van der Waals surface area (Å²) in [6.45, 7) is 2.69. The highest BCUT2D eigenvalue weighted by molar-refractivity contribution is 5.84. The van der Waals surface area contributed by atoms with Gasteiger partial charge in [0.2, 0.25) is 0 Å². The van der Waals surface area contributed by atoms with Gasteiger partial charge in [-0.15, -0.1) is 0 Å². The minimum atomic E-state index is -0.200. The summed E-state index contributed by atoms with van der Waals surface area (Å²) in [5.41, 5.74) is 4.49. The van der Waals surface area contributed by atoms with Crippen molar-refractivity contribution in [3.63, 3.8) is 0 Å². The summed E-state index contributed by atoms with van der Waals surface area (Å²) in [7, 11) is 1.88. The Bertz CT molecular complexity index is 796. The lowest BCUT2D eigenvalue weighted by Crippen LogP contribution is -2.05. The maximum atomic E-state index is 14.1. The molecule has 3 heteroatoms. The first-order valence-electron chi connectivity index (χ1n) is 6.98. The molecular formula is C18H17FN2. The van der Waals surface area contributed by atoms with E-state index in [0.717, 1.165) is 34.3 Å². The van der Waals surface area contributed by atoms with Crippen LogP contribution in [0.5, 0.6) is 0 Å².